The van der Waals surface area contributed by atoms with Crippen molar-refractivity contribution < 1.29 is 47.0 Å². The summed E-state index contributed by atoms with van der Waals surface area (Å²) in [6.07, 6.45) is 5.41. The zero-order chi connectivity index (χ0) is 42.6. The van der Waals surface area contributed by atoms with E-state index in [1.165, 1.54) is 41.1 Å². The van der Waals surface area contributed by atoms with Crippen molar-refractivity contribution in [2.75, 3.05) is 38.7 Å². The number of terminal acetylenes is 1. The molecule has 4 heterocycles. The van der Waals surface area contributed by atoms with Gasteiger partial charge in [0.25, 0.3) is 23.6 Å². The Kier molecular flexibility index (Phi) is 14.3. The van der Waals surface area contributed by atoms with Gasteiger partial charge in [-0.25, -0.2) is 27.5 Å². The summed E-state index contributed by atoms with van der Waals surface area (Å²) in [5.41, 5.74) is 16.8. The van der Waals surface area contributed by atoms with Crippen LogP contribution in [-0.2, 0) is 9.59 Å². The summed E-state index contributed by atoms with van der Waals surface area (Å²) in [6, 6.07) is 9.17. The third kappa shape index (κ3) is 9.87. The van der Waals surface area contributed by atoms with E-state index < -0.39 is 52.2 Å². The largest absolute Gasteiger partial charge is 0.397 e. The molecule has 6 rings (SSSR count). The first-order valence-corrected chi connectivity index (χ1v) is 17.2. The lowest BCUT2D eigenvalue weighted by Gasteiger charge is -2.13. The summed E-state index contributed by atoms with van der Waals surface area (Å²) in [7, 11) is 3.15. The molecule has 0 spiro atoms. The monoisotopic (exact) mass is 868 g/mol. The lowest BCUT2D eigenvalue weighted by molar-refractivity contribution is -0.138. The molecule has 304 valence electrons. The van der Waals surface area contributed by atoms with Gasteiger partial charge in [0.05, 0.1) is 21.4 Å². The Morgan fingerprint density at radius 3 is 1.57 bits per heavy atom. The molecule has 0 aliphatic carbocycles. The van der Waals surface area contributed by atoms with E-state index in [1.807, 2.05) is 0 Å². The lowest BCUT2D eigenvalue weighted by Crippen LogP contribution is -2.37. The summed E-state index contributed by atoms with van der Waals surface area (Å²) in [5, 5.41) is 19.6. The number of likely N-dealkylation sites (N-methyl/N-ethyl adjacent to an activating group) is 2. The minimum absolute atomic E-state index is 0. The van der Waals surface area contributed by atoms with Crippen molar-refractivity contribution in [1.82, 2.24) is 19.8 Å². The molecule has 2 saturated heterocycles. The number of carbonyl (C=O) groups is 4. The molecule has 14 nitrogen and oxygen atoms in total. The molecule has 0 unspecified atom stereocenters. The average molecular weight is 870 g/mol. The SMILES string of the molecule is C.C#C[C@]1(O)CCN(C)C1=O.CN1CC[C@@](O)(C#Cc2cc(-c3nc(C(N)=O)c(N)cc3F)ccc2F)C1=O.NC(=O)c1nc(-c2ccc(F)c(Br)c2)c(F)cc1N. The van der Waals surface area contributed by atoms with E-state index in [4.69, 9.17) is 29.4 Å². The van der Waals surface area contributed by atoms with Crippen molar-refractivity contribution in [2.45, 2.75) is 31.5 Å². The van der Waals surface area contributed by atoms with Gasteiger partial charge in [0.15, 0.2) is 23.0 Å². The highest BCUT2D eigenvalue weighted by Gasteiger charge is 2.43. The number of likely N-dealkylation sites (tertiary alicyclic amines) is 2. The number of halogens is 5. The van der Waals surface area contributed by atoms with Gasteiger partial charge in [-0.15, -0.1) is 6.42 Å². The maximum atomic E-state index is 14.3. The first-order chi connectivity index (χ1) is 26.6. The van der Waals surface area contributed by atoms with Crippen molar-refractivity contribution in [3.05, 3.63) is 93.2 Å². The highest BCUT2D eigenvalue weighted by Crippen LogP contribution is 2.29. The minimum Gasteiger partial charge on any atom is -0.397 e. The number of benzene rings is 2. The first-order valence-electron chi connectivity index (χ1n) is 16.4. The van der Waals surface area contributed by atoms with E-state index in [9.17, 15) is 47.0 Å². The van der Waals surface area contributed by atoms with Gasteiger partial charge < -0.3 is 42.9 Å². The van der Waals surface area contributed by atoms with Crippen molar-refractivity contribution in [2.24, 2.45) is 11.5 Å². The molecule has 0 bridgehead atoms. The average Bonchev–Trinajstić information content (AvgIpc) is 3.57. The van der Waals surface area contributed by atoms with Crippen LogP contribution in [0.25, 0.3) is 22.5 Å². The molecule has 2 aromatic heterocycles. The van der Waals surface area contributed by atoms with Crippen LogP contribution in [0.3, 0.4) is 0 Å². The van der Waals surface area contributed by atoms with Crippen LogP contribution in [0.4, 0.5) is 28.9 Å². The summed E-state index contributed by atoms with van der Waals surface area (Å²) in [6.45, 7) is 0.864. The maximum absolute atomic E-state index is 14.3. The fourth-order valence-electron chi connectivity index (χ4n) is 5.35. The summed E-state index contributed by atoms with van der Waals surface area (Å²) >= 11 is 2.99. The number of nitrogens with zero attached hydrogens (tertiary/aromatic N) is 4. The third-order valence-electron chi connectivity index (χ3n) is 8.57. The van der Waals surface area contributed by atoms with Gasteiger partial charge in [0, 0.05) is 63.3 Å². The van der Waals surface area contributed by atoms with Crippen molar-refractivity contribution in [3.63, 3.8) is 0 Å². The van der Waals surface area contributed by atoms with Crippen LogP contribution in [-0.4, -0.2) is 92.0 Å². The van der Waals surface area contributed by atoms with Gasteiger partial charge in [0.1, 0.15) is 23.0 Å². The van der Waals surface area contributed by atoms with Crippen LogP contribution < -0.4 is 22.9 Å². The molecule has 58 heavy (non-hydrogen) atoms. The standard InChI is InChI=1S/C19H16F2N4O3.C12H8BrF2N3O.C7H9NO2.CH4/c1-25-7-6-19(28,18(25)27)5-4-10-8-11(2-3-12(10)20)15-13(21)9-14(22)16(24-15)17(23)26;13-6-3-5(1-2-7(6)14)10-8(15)4-9(16)11(18-10)12(17)19;1-3-7(10)4-5-8(2)6(7)9;/h2-3,8-9,28H,6-7,22H2,1H3,(H2,23,26);1-4H,16H2,(H2,17,19);1,10H,4-5H2,2H3;1H4/t19-;;7-;/m0.0./s1. The zero-order valence-corrected chi connectivity index (χ0v) is 31.6. The predicted octanol–water partition coefficient (Wildman–Crippen LogP) is 2.97. The molecule has 4 aromatic rings. The van der Waals surface area contributed by atoms with Crippen molar-refractivity contribution in [1.29, 1.82) is 0 Å². The van der Waals surface area contributed by atoms with E-state index in [0.29, 0.717) is 25.1 Å². The normalized spacial score (nSPS) is 18.1. The van der Waals surface area contributed by atoms with Crippen molar-refractivity contribution >= 4 is 50.9 Å². The molecular formula is C39H37BrF4N8O6. The second kappa shape index (κ2) is 18.2. The number of amides is 4. The second-order valence-electron chi connectivity index (χ2n) is 12.6. The molecular weight excluding hydrogens is 832 g/mol. The van der Waals surface area contributed by atoms with Gasteiger partial charge >= 0.3 is 0 Å². The van der Waals surface area contributed by atoms with E-state index in [0.717, 1.165) is 24.3 Å². The summed E-state index contributed by atoms with van der Waals surface area (Å²) in [4.78, 5) is 55.8. The molecule has 4 amide bonds. The Balaban J connectivity index is 0.000000258. The van der Waals surface area contributed by atoms with Crippen LogP contribution in [0.15, 0.2) is 53.0 Å². The number of nitrogen functional groups attached to an aromatic ring is 2. The quantitative estimate of drug-likeness (QED) is 0.129. The number of primary amides is 2. The molecule has 19 heteroatoms. The molecule has 2 fully saturated rings. The van der Waals surface area contributed by atoms with Gasteiger partial charge in [-0.3, -0.25) is 19.2 Å². The second-order valence-corrected chi connectivity index (χ2v) is 13.5. The summed E-state index contributed by atoms with van der Waals surface area (Å²) < 4.78 is 55.5. The number of aliphatic hydroxyl groups is 2. The fraction of sp³-hybridized carbons (Fsp3) is 0.231. The van der Waals surface area contributed by atoms with E-state index >= 15 is 0 Å². The van der Waals surface area contributed by atoms with E-state index in [-0.39, 0.29) is 69.5 Å². The van der Waals surface area contributed by atoms with Crippen LogP contribution in [0.5, 0.6) is 0 Å². The highest BCUT2D eigenvalue weighted by atomic mass is 79.9. The van der Waals surface area contributed by atoms with Crippen LogP contribution in [0, 0.1) is 47.5 Å². The van der Waals surface area contributed by atoms with E-state index in [1.54, 1.807) is 7.05 Å². The smallest absolute Gasteiger partial charge is 0.269 e. The molecule has 0 radical (unpaired) electrons. The number of hydrogen-bond donors (Lipinski definition) is 6. The maximum Gasteiger partial charge on any atom is 0.269 e. The van der Waals surface area contributed by atoms with Gasteiger partial charge in [0.2, 0.25) is 11.2 Å². The fourth-order valence-corrected chi connectivity index (χ4v) is 5.72. The number of hydrogen-bond acceptors (Lipinski definition) is 10. The first kappa shape index (κ1) is 45.8. The molecule has 10 N–H and O–H groups in total. The highest BCUT2D eigenvalue weighted by molar-refractivity contribution is 9.10. The van der Waals surface area contributed by atoms with Gasteiger partial charge in [-0.2, -0.15) is 0 Å². The van der Waals surface area contributed by atoms with Crippen molar-refractivity contribution in [3.8, 4) is 46.7 Å². The van der Waals surface area contributed by atoms with Gasteiger partial charge in [-0.05, 0) is 52.3 Å². The molecule has 2 atom stereocenters. The molecule has 2 aromatic carbocycles. The number of rotatable bonds is 4. The molecule has 0 saturated carbocycles. The van der Waals surface area contributed by atoms with Crippen LogP contribution in [0.2, 0.25) is 0 Å². The number of aromatic nitrogens is 2. The number of pyridine rings is 2. The minimum atomic E-state index is -1.90. The van der Waals surface area contributed by atoms with E-state index in [2.05, 4.69) is 43.7 Å². The van der Waals surface area contributed by atoms with Crippen LogP contribution >= 0.6 is 15.9 Å². The lowest BCUT2D eigenvalue weighted by atomic mass is 10.0. The Hall–Kier alpha value is -6.54. The van der Waals surface area contributed by atoms with Crippen LogP contribution in [0.1, 0.15) is 46.8 Å². The number of carbonyl (C=O) groups excluding carboxylic acids is 4. The Bertz CT molecular complexity index is 2420. The topological polar surface area (TPSA) is 245 Å². The molecule has 2 aliphatic rings. The Labute approximate surface area is 338 Å². The summed E-state index contributed by atoms with van der Waals surface area (Å²) in [5.74, 6) is 1.40. The molecule has 2 aliphatic heterocycles. The number of nitrogens with two attached hydrogens (primary N) is 4. The number of anilines is 2. The zero-order valence-electron chi connectivity index (χ0n) is 30.0. The Morgan fingerprint density at radius 2 is 1.19 bits per heavy atom. The predicted molar refractivity (Wildman–Crippen MR) is 210 cm³/mol. The van der Waals surface area contributed by atoms with Gasteiger partial charge in [-0.1, -0.05) is 25.2 Å². The Morgan fingerprint density at radius 1 is 0.759 bits per heavy atom. The third-order valence-corrected chi connectivity index (χ3v) is 9.18.